The van der Waals surface area contributed by atoms with Gasteiger partial charge in [0.05, 0.1) is 0 Å². The summed E-state index contributed by atoms with van der Waals surface area (Å²) in [5.41, 5.74) is 4.24. The molecule has 2 aromatic carbocycles. The topological polar surface area (TPSA) is 32.3 Å². The van der Waals surface area contributed by atoms with Gasteiger partial charge < -0.3 is 5.32 Å². The summed E-state index contributed by atoms with van der Waals surface area (Å²) in [5.74, 6) is 0.0665. The Bertz CT molecular complexity index is 690. The van der Waals surface area contributed by atoms with Crippen molar-refractivity contribution in [3.05, 3.63) is 65.2 Å². The number of carbonyl (C=O) groups excluding carboxylic acids is 1. The average Bonchev–Trinajstić information content (AvgIpc) is 2.60. The zero-order chi connectivity index (χ0) is 16.9. The van der Waals surface area contributed by atoms with Gasteiger partial charge in [-0.1, -0.05) is 48.9 Å². The number of aryl methyl sites for hydroxylation is 2. The van der Waals surface area contributed by atoms with Gasteiger partial charge in [-0.05, 0) is 62.5 Å². The van der Waals surface area contributed by atoms with E-state index in [9.17, 15) is 4.79 Å². The molecule has 0 aliphatic carbocycles. The van der Waals surface area contributed by atoms with E-state index in [4.69, 9.17) is 0 Å². The lowest BCUT2D eigenvalue weighted by atomic mass is 10.0. The van der Waals surface area contributed by atoms with Gasteiger partial charge in [-0.25, -0.2) is 0 Å². The first-order valence-electron chi connectivity index (χ1n) is 8.82. The molecule has 3 heteroatoms. The Morgan fingerprint density at radius 1 is 1.00 bits per heavy atom. The summed E-state index contributed by atoms with van der Waals surface area (Å²) in [7, 11) is 0. The number of likely N-dealkylation sites (tertiary alicyclic amines) is 1. The van der Waals surface area contributed by atoms with Gasteiger partial charge in [0, 0.05) is 5.69 Å². The van der Waals surface area contributed by atoms with Crippen LogP contribution in [0.15, 0.2) is 48.5 Å². The third-order valence-corrected chi connectivity index (χ3v) is 4.77. The maximum atomic E-state index is 13.1. The molecular weight excluding hydrogens is 296 g/mol. The molecule has 1 heterocycles. The Labute approximate surface area is 144 Å². The van der Waals surface area contributed by atoms with Crippen LogP contribution in [-0.2, 0) is 4.79 Å². The molecular formula is C21H26N2O. The maximum Gasteiger partial charge on any atom is 0.246 e. The van der Waals surface area contributed by atoms with E-state index in [0.717, 1.165) is 35.5 Å². The second-order valence-electron chi connectivity index (χ2n) is 6.72. The van der Waals surface area contributed by atoms with Crippen LogP contribution in [0.4, 0.5) is 5.69 Å². The Kier molecular flexibility index (Phi) is 5.31. The van der Waals surface area contributed by atoms with Crippen molar-refractivity contribution in [3.8, 4) is 0 Å². The van der Waals surface area contributed by atoms with Crippen molar-refractivity contribution in [2.24, 2.45) is 0 Å². The second-order valence-corrected chi connectivity index (χ2v) is 6.72. The van der Waals surface area contributed by atoms with Crippen molar-refractivity contribution in [1.82, 2.24) is 4.90 Å². The van der Waals surface area contributed by atoms with Crippen LogP contribution in [-0.4, -0.2) is 23.9 Å². The summed E-state index contributed by atoms with van der Waals surface area (Å²) in [6.07, 6.45) is 3.59. The van der Waals surface area contributed by atoms with Gasteiger partial charge in [0.1, 0.15) is 6.04 Å². The van der Waals surface area contributed by atoms with Gasteiger partial charge in [0.15, 0.2) is 0 Å². The molecule has 126 valence electrons. The van der Waals surface area contributed by atoms with Gasteiger partial charge in [0.2, 0.25) is 5.91 Å². The standard InChI is InChI=1S/C21H26N2O/c1-16-11-12-17(2)19(15-16)22-21(24)20(18-9-5-3-6-10-18)23-13-7-4-8-14-23/h3,5-6,9-12,15,20H,4,7-8,13-14H2,1-2H3,(H,22,24). The minimum absolute atomic E-state index is 0.0665. The molecule has 1 aliphatic heterocycles. The number of hydrogen-bond donors (Lipinski definition) is 1. The highest BCUT2D eigenvalue weighted by Crippen LogP contribution is 2.27. The van der Waals surface area contributed by atoms with Crippen molar-refractivity contribution >= 4 is 11.6 Å². The van der Waals surface area contributed by atoms with E-state index < -0.39 is 0 Å². The molecule has 3 rings (SSSR count). The Balaban J connectivity index is 1.87. The zero-order valence-corrected chi connectivity index (χ0v) is 14.6. The average molecular weight is 322 g/mol. The lowest BCUT2D eigenvalue weighted by Crippen LogP contribution is -2.40. The van der Waals surface area contributed by atoms with Crippen LogP contribution >= 0.6 is 0 Å². The lowest BCUT2D eigenvalue weighted by molar-refractivity contribution is -0.122. The minimum Gasteiger partial charge on any atom is -0.324 e. The highest BCUT2D eigenvalue weighted by Gasteiger charge is 2.28. The maximum absolute atomic E-state index is 13.1. The Morgan fingerprint density at radius 2 is 1.71 bits per heavy atom. The first-order valence-corrected chi connectivity index (χ1v) is 8.82. The van der Waals surface area contributed by atoms with E-state index in [2.05, 4.69) is 41.4 Å². The number of carbonyl (C=O) groups is 1. The van der Waals surface area contributed by atoms with Crippen LogP contribution in [0.1, 0.15) is 42.0 Å². The van der Waals surface area contributed by atoms with E-state index in [1.54, 1.807) is 0 Å². The van der Waals surface area contributed by atoms with Crippen molar-refractivity contribution in [2.45, 2.75) is 39.2 Å². The largest absolute Gasteiger partial charge is 0.324 e. The van der Waals surface area contributed by atoms with Gasteiger partial charge >= 0.3 is 0 Å². The smallest absolute Gasteiger partial charge is 0.246 e. The van der Waals surface area contributed by atoms with Gasteiger partial charge in [0.25, 0.3) is 0 Å². The van der Waals surface area contributed by atoms with Crippen molar-refractivity contribution in [1.29, 1.82) is 0 Å². The van der Waals surface area contributed by atoms with Gasteiger partial charge in [-0.2, -0.15) is 0 Å². The van der Waals surface area contributed by atoms with Gasteiger partial charge in [-0.15, -0.1) is 0 Å². The van der Waals surface area contributed by atoms with E-state index >= 15 is 0 Å². The van der Waals surface area contributed by atoms with Crippen LogP contribution in [0, 0.1) is 13.8 Å². The van der Waals surface area contributed by atoms with Crippen LogP contribution in [0.25, 0.3) is 0 Å². The quantitative estimate of drug-likeness (QED) is 0.901. The third-order valence-electron chi connectivity index (χ3n) is 4.77. The van der Waals surface area contributed by atoms with Crippen molar-refractivity contribution < 1.29 is 4.79 Å². The molecule has 1 atom stereocenters. The normalized spacial score (nSPS) is 16.6. The summed E-state index contributed by atoms with van der Waals surface area (Å²) >= 11 is 0. The number of nitrogens with one attached hydrogen (secondary N) is 1. The van der Waals surface area contributed by atoms with Crippen molar-refractivity contribution in [3.63, 3.8) is 0 Å². The number of rotatable bonds is 4. The van der Waals surface area contributed by atoms with E-state index in [0.29, 0.717) is 0 Å². The molecule has 1 aliphatic rings. The fourth-order valence-electron chi connectivity index (χ4n) is 3.41. The number of nitrogens with zero attached hydrogens (tertiary/aromatic N) is 1. The first kappa shape index (κ1) is 16.7. The summed E-state index contributed by atoms with van der Waals surface area (Å²) in [6, 6.07) is 16.1. The molecule has 0 saturated carbocycles. The molecule has 0 radical (unpaired) electrons. The van der Waals surface area contributed by atoms with E-state index in [-0.39, 0.29) is 11.9 Å². The highest BCUT2D eigenvalue weighted by molar-refractivity contribution is 5.96. The van der Waals surface area contributed by atoms with E-state index in [1.807, 2.05) is 31.2 Å². The molecule has 0 aromatic heterocycles. The number of benzene rings is 2. The van der Waals surface area contributed by atoms with Crippen LogP contribution in [0.5, 0.6) is 0 Å². The van der Waals surface area contributed by atoms with E-state index in [1.165, 1.54) is 19.3 Å². The number of anilines is 1. The fraction of sp³-hybridized carbons (Fsp3) is 0.381. The molecule has 3 nitrogen and oxygen atoms in total. The number of hydrogen-bond acceptors (Lipinski definition) is 2. The highest BCUT2D eigenvalue weighted by atomic mass is 16.2. The van der Waals surface area contributed by atoms with Crippen LogP contribution in [0.2, 0.25) is 0 Å². The Morgan fingerprint density at radius 3 is 2.42 bits per heavy atom. The number of piperidine rings is 1. The molecule has 24 heavy (non-hydrogen) atoms. The predicted molar refractivity (Wildman–Crippen MR) is 99.2 cm³/mol. The molecule has 0 spiro atoms. The SMILES string of the molecule is Cc1ccc(C)c(NC(=O)C(c2ccccc2)N2CCCCC2)c1. The third kappa shape index (κ3) is 3.85. The summed E-state index contributed by atoms with van der Waals surface area (Å²) < 4.78 is 0. The molecule has 1 unspecified atom stereocenters. The molecule has 1 N–H and O–H groups in total. The second kappa shape index (κ2) is 7.63. The molecule has 1 saturated heterocycles. The van der Waals surface area contributed by atoms with Crippen LogP contribution < -0.4 is 5.32 Å². The monoisotopic (exact) mass is 322 g/mol. The fourth-order valence-corrected chi connectivity index (χ4v) is 3.41. The molecule has 1 amide bonds. The summed E-state index contributed by atoms with van der Waals surface area (Å²) in [6.45, 7) is 6.06. The summed E-state index contributed by atoms with van der Waals surface area (Å²) in [5, 5.41) is 3.17. The number of amides is 1. The van der Waals surface area contributed by atoms with Crippen LogP contribution in [0.3, 0.4) is 0 Å². The summed E-state index contributed by atoms with van der Waals surface area (Å²) in [4.78, 5) is 15.4. The van der Waals surface area contributed by atoms with Crippen molar-refractivity contribution in [2.75, 3.05) is 18.4 Å². The van der Waals surface area contributed by atoms with Gasteiger partial charge in [-0.3, -0.25) is 9.69 Å². The minimum atomic E-state index is -0.216. The lowest BCUT2D eigenvalue weighted by Gasteiger charge is -2.34. The molecule has 2 aromatic rings. The zero-order valence-electron chi connectivity index (χ0n) is 14.6. The first-order chi connectivity index (χ1) is 11.6. The predicted octanol–water partition coefficient (Wildman–Crippen LogP) is 4.47. The molecule has 0 bridgehead atoms. The Hall–Kier alpha value is -2.13. The molecule has 1 fully saturated rings.